The van der Waals surface area contributed by atoms with Crippen LogP contribution in [0.25, 0.3) is 0 Å². The Labute approximate surface area is 164 Å². The van der Waals surface area contributed by atoms with E-state index >= 15 is 0 Å². The molecule has 0 aliphatic rings. The van der Waals surface area contributed by atoms with Gasteiger partial charge in [0.1, 0.15) is 0 Å². The Morgan fingerprint density at radius 3 is 1.82 bits per heavy atom. The van der Waals surface area contributed by atoms with Crippen LogP contribution < -0.4 is 5.32 Å². The average Bonchev–Trinajstić information content (AvgIpc) is 2.69. The van der Waals surface area contributed by atoms with E-state index in [-0.39, 0.29) is 16.1 Å². The largest absolute Gasteiger partial charge is 0.418 e. The van der Waals surface area contributed by atoms with E-state index in [9.17, 15) is 23.1 Å². The number of aliphatic hydroxyl groups is 1. The van der Waals surface area contributed by atoms with Gasteiger partial charge in [0.2, 0.25) is 0 Å². The van der Waals surface area contributed by atoms with E-state index in [1.165, 1.54) is 30.3 Å². The van der Waals surface area contributed by atoms with Gasteiger partial charge in [0, 0.05) is 5.02 Å². The Balaban J connectivity index is 2.08. The number of alkyl halides is 3. The Kier molecular flexibility index (Phi) is 5.45. The fourth-order valence-electron chi connectivity index (χ4n) is 2.86. The minimum atomic E-state index is -4.73. The van der Waals surface area contributed by atoms with E-state index in [1.54, 1.807) is 36.4 Å². The molecular formula is C21H15ClF3NO2. The highest BCUT2D eigenvalue weighted by atomic mass is 35.5. The molecule has 0 unspecified atom stereocenters. The molecule has 3 aromatic carbocycles. The summed E-state index contributed by atoms with van der Waals surface area (Å²) in [6, 6.07) is 19.0. The van der Waals surface area contributed by atoms with Gasteiger partial charge in [-0.2, -0.15) is 13.2 Å². The van der Waals surface area contributed by atoms with Gasteiger partial charge in [-0.3, -0.25) is 4.79 Å². The highest BCUT2D eigenvalue weighted by Gasteiger charge is 2.41. The second kappa shape index (κ2) is 7.66. The lowest BCUT2D eigenvalue weighted by molar-refractivity contribution is -0.137. The van der Waals surface area contributed by atoms with Gasteiger partial charge in [0.15, 0.2) is 5.60 Å². The van der Waals surface area contributed by atoms with Crippen LogP contribution in [0.4, 0.5) is 18.9 Å². The first-order chi connectivity index (χ1) is 13.2. The molecule has 0 heterocycles. The van der Waals surface area contributed by atoms with Crippen LogP contribution >= 0.6 is 11.6 Å². The summed E-state index contributed by atoms with van der Waals surface area (Å²) in [7, 11) is 0. The van der Waals surface area contributed by atoms with E-state index in [1.807, 2.05) is 0 Å². The number of hydrogen-bond donors (Lipinski definition) is 2. The van der Waals surface area contributed by atoms with Gasteiger partial charge in [-0.25, -0.2) is 0 Å². The van der Waals surface area contributed by atoms with Gasteiger partial charge in [-0.1, -0.05) is 72.3 Å². The maximum atomic E-state index is 13.3. The Bertz CT molecular complexity index is 936. The Morgan fingerprint density at radius 1 is 0.857 bits per heavy atom. The number of amides is 1. The molecule has 2 N–H and O–H groups in total. The molecule has 0 saturated carbocycles. The van der Waals surface area contributed by atoms with Gasteiger partial charge >= 0.3 is 6.18 Å². The lowest BCUT2D eigenvalue weighted by atomic mass is 9.85. The van der Waals surface area contributed by atoms with Crippen LogP contribution in [-0.2, 0) is 16.6 Å². The molecule has 1 amide bonds. The summed E-state index contributed by atoms with van der Waals surface area (Å²) in [4.78, 5) is 13.0. The topological polar surface area (TPSA) is 49.3 Å². The molecule has 3 rings (SSSR count). The van der Waals surface area contributed by atoms with E-state index < -0.39 is 28.9 Å². The fraction of sp³-hybridized carbons (Fsp3) is 0.0952. The molecule has 0 bridgehead atoms. The zero-order valence-electron chi connectivity index (χ0n) is 14.4. The van der Waals surface area contributed by atoms with E-state index in [2.05, 4.69) is 5.32 Å². The van der Waals surface area contributed by atoms with Gasteiger partial charge in [0.25, 0.3) is 5.91 Å². The average molecular weight is 406 g/mol. The van der Waals surface area contributed by atoms with Crippen molar-refractivity contribution in [2.24, 2.45) is 0 Å². The Hall–Kier alpha value is -2.83. The molecule has 0 spiro atoms. The highest BCUT2D eigenvalue weighted by Crippen LogP contribution is 2.38. The van der Waals surface area contributed by atoms with Crippen LogP contribution in [0.2, 0.25) is 5.02 Å². The van der Waals surface area contributed by atoms with Crippen molar-refractivity contribution in [2.75, 3.05) is 5.32 Å². The normalized spacial score (nSPS) is 11.9. The summed E-state index contributed by atoms with van der Waals surface area (Å²) in [6.45, 7) is 0. The number of hydrogen-bond acceptors (Lipinski definition) is 2. The molecule has 0 saturated heterocycles. The summed E-state index contributed by atoms with van der Waals surface area (Å²) < 4.78 is 40.0. The third-order valence-corrected chi connectivity index (χ3v) is 4.48. The maximum absolute atomic E-state index is 13.3. The van der Waals surface area contributed by atoms with Gasteiger partial charge in [0.05, 0.1) is 11.3 Å². The fourth-order valence-corrected chi connectivity index (χ4v) is 3.03. The first-order valence-corrected chi connectivity index (χ1v) is 8.62. The van der Waals surface area contributed by atoms with Crippen molar-refractivity contribution in [2.45, 2.75) is 11.8 Å². The number of benzene rings is 3. The molecule has 0 aromatic heterocycles. The summed E-state index contributed by atoms with van der Waals surface area (Å²) in [5.41, 5.74) is -3.34. The minimum Gasteiger partial charge on any atom is -0.372 e. The molecule has 3 aromatic rings. The molecule has 144 valence electrons. The van der Waals surface area contributed by atoms with Crippen molar-refractivity contribution in [3.8, 4) is 0 Å². The summed E-state index contributed by atoms with van der Waals surface area (Å²) >= 11 is 5.68. The minimum absolute atomic E-state index is 0.119. The molecule has 0 radical (unpaired) electrons. The first-order valence-electron chi connectivity index (χ1n) is 8.24. The number of rotatable bonds is 4. The van der Waals surface area contributed by atoms with Crippen molar-refractivity contribution in [1.82, 2.24) is 0 Å². The van der Waals surface area contributed by atoms with Crippen LogP contribution in [0.15, 0.2) is 78.9 Å². The lowest BCUT2D eigenvalue weighted by Gasteiger charge is -2.28. The highest BCUT2D eigenvalue weighted by molar-refractivity contribution is 6.30. The number of halogens is 4. The third kappa shape index (κ3) is 3.88. The molecule has 0 aliphatic heterocycles. The van der Waals surface area contributed by atoms with E-state index in [0.29, 0.717) is 0 Å². The Morgan fingerprint density at radius 2 is 1.36 bits per heavy atom. The van der Waals surface area contributed by atoms with Crippen LogP contribution in [0.5, 0.6) is 0 Å². The molecule has 7 heteroatoms. The van der Waals surface area contributed by atoms with Crippen LogP contribution in [0, 0.1) is 0 Å². The first kappa shape index (κ1) is 19.9. The number of carbonyl (C=O) groups is 1. The summed E-state index contributed by atoms with van der Waals surface area (Å²) in [5.74, 6) is -1.02. The molecule has 0 fully saturated rings. The van der Waals surface area contributed by atoms with Gasteiger partial charge < -0.3 is 10.4 Å². The second-order valence-corrected chi connectivity index (χ2v) is 6.52. The summed E-state index contributed by atoms with van der Waals surface area (Å²) in [6.07, 6.45) is -4.73. The predicted molar refractivity (Wildman–Crippen MR) is 101 cm³/mol. The standard InChI is InChI=1S/C21H15ClF3NO2/c22-16-11-12-18(17(13-16)21(23,24)25)26-19(27)20(28,14-7-3-1-4-8-14)15-9-5-2-6-10-15/h1-13,28H,(H,26,27). The van der Waals surface area contributed by atoms with Crippen LogP contribution in [0.1, 0.15) is 16.7 Å². The van der Waals surface area contributed by atoms with E-state index in [4.69, 9.17) is 11.6 Å². The quantitative estimate of drug-likeness (QED) is 0.624. The number of nitrogens with one attached hydrogen (secondary N) is 1. The van der Waals surface area contributed by atoms with Crippen molar-refractivity contribution >= 4 is 23.2 Å². The van der Waals surface area contributed by atoms with Crippen molar-refractivity contribution < 1.29 is 23.1 Å². The zero-order chi connectivity index (χ0) is 20.4. The van der Waals surface area contributed by atoms with E-state index in [0.717, 1.165) is 12.1 Å². The smallest absolute Gasteiger partial charge is 0.372 e. The maximum Gasteiger partial charge on any atom is 0.418 e. The van der Waals surface area contributed by atoms with Crippen molar-refractivity contribution in [3.05, 3.63) is 101 Å². The molecule has 3 nitrogen and oxygen atoms in total. The SMILES string of the molecule is O=C(Nc1ccc(Cl)cc1C(F)(F)F)C(O)(c1ccccc1)c1ccccc1. The molecule has 0 atom stereocenters. The monoisotopic (exact) mass is 405 g/mol. The summed E-state index contributed by atoms with van der Waals surface area (Å²) in [5, 5.41) is 13.4. The molecule has 28 heavy (non-hydrogen) atoms. The zero-order valence-corrected chi connectivity index (χ0v) is 15.1. The lowest BCUT2D eigenvalue weighted by Crippen LogP contribution is -2.41. The second-order valence-electron chi connectivity index (χ2n) is 6.08. The van der Waals surface area contributed by atoms with Crippen molar-refractivity contribution in [1.29, 1.82) is 0 Å². The molecule has 0 aliphatic carbocycles. The van der Waals surface area contributed by atoms with Crippen LogP contribution in [0.3, 0.4) is 0 Å². The number of carbonyl (C=O) groups excluding carboxylic acids is 1. The van der Waals surface area contributed by atoms with Gasteiger partial charge in [-0.05, 0) is 29.3 Å². The number of anilines is 1. The van der Waals surface area contributed by atoms with Gasteiger partial charge in [-0.15, -0.1) is 0 Å². The molecular weight excluding hydrogens is 391 g/mol. The predicted octanol–water partition coefficient (Wildman–Crippen LogP) is 5.23. The van der Waals surface area contributed by atoms with Crippen molar-refractivity contribution in [3.63, 3.8) is 0 Å². The third-order valence-electron chi connectivity index (χ3n) is 4.25. The van der Waals surface area contributed by atoms with Crippen LogP contribution in [-0.4, -0.2) is 11.0 Å².